The van der Waals surface area contributed by atoms with Crippen LogP contribution in [0.4, 0.5) is 0 Å². The Labute approximate surface area is 200 Å². The van der Waals surface area contributed by atoms with E-state index >= 15 is 0 Å². The summed E-state index contributed by atoms with van der Waals surface area (Å²) in [5.41, 5.74) is 2.27. The molecule has 8 heteroatoms. The molecule has 2 N–H and O–H groups in total. The summed E-state index contributed by atoms with van der Waals surface area (Å²) in [6, 6.07) is 8.44. The SMILES string of the molecule is N#CC1(c2ccccn2)CCN(CC2=C3C=CC=CN3OC(C(=O)NC3CCCNC3)=C2)CC1. The van der Waals surface area contributed by atoms with Gasteiger partial charge in [0, 0.05) is 44.6 Å². The number of amides is 1. The second kappa shape index (κ2) is 9.84. The predicted molar refractivity (Wildman–Crippen MR) is 128 cm³/mol. The highest BCUT2D eigenvalue weighted by molar-refractivity contribution is 5.92. The first kappa shape index (κ1) is 22.4. The number of piperidine rings is 2. The molecule has 8 nitrogen and oxygen atoms in total. The number of nitrogens with one attached hydrogen (secondary N) is 2. The topological polar surface area (TPSA) is 93.5 Å². The first-order valence-corrected chi connectivity index (χ1v) is 12.0. The van der Waals surface area contributed by atoms with E-state index in [0.29, 0.717) is 12.3 Å². The van der Waals surface area contributed by atoms with E-state index in [4.69, 9.17) is 4.84 Å². The van der Waals surface area contributed by atoms with Gasteiger partial charge in [-0.2, -0.15) is 10.3 Å². The molecule has 176 valence electrons. The Morgan fingerprint density at radius 1 is 1.32 bits per heavy atom. The maximum atomic E-state index is 13.0. The first-order chi connectivity index (χ1) is 16.7. The van der Waals surface area contributed by atoms with Crippen LogP contribution in [-0.4, -0.2) is 59.6 Å². The molecule has 2 saturated heterocycles. The van der Waals surface area contributed by atoms with Crippen LogP contribution in [-0.2, 0) is 15.0 Å². The van der Waals surface area contributed by atoms with E-state index in [1.54, 1.807) is 11.3 Å². The number of likely N-dealkylation sites (tertiary alicyclic amines) is 1. The molecule has 34 heavy (non-hydrogen) atoms. The minimum Gasteiger partial charge on any atom is -0.369 e. The van der Waals surface area contributed by atoms with Crippen molar-refractivity contribution in [1.29, 1.82) is 5.26 Å². The Hall–Kier alpha value is -3.41. The molecule has 4 aliphatic heterocycles. The third-order valence-corrected chi connectivity index (χ3v) is 6.98. The molecule has 1 aromatic heterocycles. The van der Waals surface area contributed by atoms with Gasteiger partial charge in [0.2, 0.25) is 5.76 Å². The molecule has 0 radical (unpaired) electrons. The molecule has 0 aliphatic carbocycles. The number of pyridine rings is 1. The van der Waals surface area contributed by atoms with Crippen LogP contribution in [0.2, 0.25) is 0 Å². The van der Waals surface area contributed by atoms with Crippen molar-refractivity contribution in [1.82, 2.24) is 25.6 Å². The van der Waals surface area contributed by atoms with Crippen LogP contribution in [0.5, 0.6) is 0 Å². The molecule has 1 aromatic rings. The van der Waals surface area contributed by atoms with Gasteiger partial charge in [-0.1, -0.05) is 12.1 Å². The minimum atomic E-state index is -0.542. The molecule has 5 heterocycles. The van der Waals surface area contributed by atoms with Crippen LogP contribution in [0, 0.1) is 11.3 Å². The van der Waals surface area contributed by atoms with Crippen LogP contribution in [0.15, 0.2) is 71.9 Å². The van der Waals surface area contributed by atoms with Gasteiger partial charge in [-0.3, -0.25) is 14.7 Å². The van der Waals surface area contributed by atoms with Crippen molar-refractivity contribution in [3.63, 3.8) is 0 Å². The van der Waals surface area contributed by atoms with E-state index in [-0.39, 0.29) is 11.9 Å². The minimum absolute atomic E-state index is 0.115. The monoisotopic (exact) mass is 458 g/mol. The maximum absolute atomic E-state index is 13.0. The maximum Gasteiger partial charge on any atom is 0.290 e. The van der Waals surface area contributed by atoms with Gasteiger partial charge < -0.3 is 15.5 Å². The number of hydrogen-bond donors (Lipinski definition) is 2. The summed E-state index contributed by atoms with van der Waals surface area (Å²) in [4.78, 5) is 25.7. The summed E-state index contributed by atoms with van der Waals surface area (Å²) in [5, 5.41) is 18.1. The zero-order valence-electron chi connectivity index (χ0n) is 19.2. The quantitative estimate of drug-likeness (QED) is 0.699. The Morgan fingerprint density at radius 3 is 2.94 bits per heavy atom. The summed E-state index contributed by atoms with van der Waals surface area (Å²) in [6.45, 7) is 4.02. The number of nitriles is 1. The molecular weight excluding hydrogens is 428 g/mol. The highest BCUT2D eigenvalue weighted by Crippen LogP contribution is 2.35. The summed E-state index contributed by atoms with van der Waals surface area (Å²) in [6.07, 6.45) is 14.8. The largest absolute Gasteiger partial charge is 0.369 e. The Morgan fingerprint density at radius 2 is 2.21 bits per heavy atom. The Balaban J connectivity index is 1.30. The predicted octanol–water partition coefficient (Wildman–Crippen LogP) is 2.28. The fraction of sp³-hybridized carbons (Fsp3) is 0.423. The summed E-state index contributed by atoms with van der Waals surface area (Å²) >= 11 is 0. The molecule has 1 unspecified atom stereocenters. The Kier molecular flexibility index (Phi) is 6.48. The normalized spacial score (nSPS) is 24.0. The molecule has 0 bridgehead atoms. The smallest absolute Gasteiger partial charge is 0.290 e. The molecule has 1 atom stereocenters. The zero-order chi connectivity index (χ0) is 23.4. The number of rotatable bonds is 5. The molecule has 5 rings (SSSR count). The lowest BCUT2D eigenvalue weighted by Crippen LogP contribution is -2.47. The number of carbonyl (C=O) groups excluding carboxylic acids is 1. The van der Waals surface area contributed by atoms with E-state index in [0.717, 1.165) is 68.8 Å². The third-order valence-electron chi connectivity index (χ3n) is 6.98. The molecular formula is C26H30N6O2. The van der Waals surface area contributed by atoms with Crippen molar-refractivity contribution in [2.24, 2.45) is 0 Å². The van der Waals surface area contributed by atoms with Gasteiger partial charge in [0.15, 0.2) is 0 Å². The fourth-order valence-corrected chi connectivity index (χ4v) is 4.99. The van der Waals surface area contributed by atoms with Gasteiger partial charge in [0.05, 0.1) is 17.5 Å². The van der Waals surface area contributed by atoms with Crippen molar-refractivity contribution >= 4 is 5.91 Å². The van der Waals surface area contributed by atoms with E-state index in [1.807, 2.05) is 48.7 Å². The number of hydrogen-bond acceptors (Lipinski definition) is 7. The zero-order valence-corrected chi connectivity index (χ0v) is 19.2. The molecule has 2 fully saturated rings. The first-order valence-electron chi connectivity index (χ1n) is 12.0. The van der Waals surface area contributed by atoms with Crippen molar-refractivity contribution in [2.75, 3.05) is 32.7 Å². The molecule has 0 aromatic carbocycles. The fourth-order valence-electron chi connectivity index (χ4n) is 4.99. The summed E-state index contributed by atoms with van der Waals surface area (Å²) in [5.74, 6) is 0.117. The van der Waals surface area contributed by atoms with Crippen LogP contribution < -0.4 is 10.6 Å². The van der Waals surface area contributed by atoms with Crippen molar-refractivity contribution in [3.8, 4) is 6.07 Å². The second-order valence-electron chi connectivity index (χ2n) is 9.24. The highest BCUT2D eigenvalue weighted by atomic mass is 16.7. The molecule has 1 amide bonds. The summed E-state index contributed by atoms with van der Waals surface area (Å²) < 4.78 is 0. The van der Waals surface area contributed by atoms with E-state index in [2.05, 4.69) is 26.6 Å². The number of carbonyl (C=O) groups is 1. The van der Waals surface area contributed by atoms with Gasteiger partial charge in [-0.25, -0.2) is 0 Å². The van der Waals surface area contributed by atoms with Gasteiger partial charge in [0.1, 0.15) is 5.41 Å². The lowest BCUT2D eigenvalue weighted by atomic mass is 9.76. The van der Waals surface area contributed by atoms with Crippen molar-refractivity contribution < 1.29 is 9.63 Å². The second-order valence-corrected chi connectivity index (χ2v) is 9.24. The van der Waals surface area contributed by atoms with Crippen LogP contribution in [0.1, 0.15) is 31.4 Å². The molecule has 0 saturated carbocycles. The number of hydroxylamine groups is 2. The number of allylic oxidation sites excluding steroid dienone is 3. The third kappa shape index (κ3) is 4.63. The standard InChI is InChI=1S/C26H30N6O2/c27-19-26(24-8-1-3-12-29-24)9-14-31(15-10-26)18-20-16-23(34-32-13-4-2-7-22(20)32)25(33)30-21-6-5-11-28-17-21/h1-4,7-8,12-13,16,21,28H,5-6,9-11,14-15,17-18H2,(H,30,33). The van der Waals surface area contributed by atoms with Crippen LogP contribution >= 0.6 is 0 Å². The molecule has 0 spiro atoms. The van der Waals surface area contributed by atoms with Crippen molar-refractivity contribution in [2.45, 2.75) is 37.1 Å². The van der Waals surface area contributed by atoms with Gasteiger partial charge in [-0.15, -0.1) is 0 Å². The highest BCUT2D eigenvalue weighted by Gasteiger charge is 2.38. The number of aromatic nitrogens is 1. The molecule has 4 aliphatic rings. The summed E-state index contributed by atoms with van der Waals surface area (Å²) in [7, 11) is 0. The van der Waals surface area contributed by atoms with Crippen LogP contribution in [0.3, 0.4) is 0 Å². The van der Waals surface area contributed by atoms with E-state index in [1.165, 1.54) is 0 Å². The lowest BCUT2D eigenvalue weighted by molar-refractivity contribution is -0.130. The average Bonchev–Trinajstić information content (AvgIpc) is 2.90. The number of fused-ring (bicyclic) bond motifs is 1. The number of nitrogens with zero attached hydrogens (tertiary/aromatic N) is 4. The van der Waals surface area contributed by atoms with Gasteiger partial charge in [-0.05, 0) is 68.2 Å². The van der Waals surface area contributed by atoms with Crippen molar-refractivity contribution in [3.05, 3.63) is 77.6 Å². The lowest BCUT2D eigenvalue weighted by Gasteiger charge is -2.38. The Bertz CT molecular complexity index is 1070. The average molecular weight is 459 g/mol. The van der Waals surface area contributed by atoms with E-state index in [9.17, 15) is 10.1 Å². The van der Waals surface area contributed by atoms with Gasteiger partial charge in [0.25, 0.3) is 5.91 Å². The van der Waals surface area contributed by atoms with Gasteiger partial charge >= 0.3 is 0 Å². The van der Waals surface area contributed by atoms with E-state index < -0.39 is 5.41 Å². The van der Waals surface area contributed by atoms with Crippen LogP contribution in [0.25, 0.3) is 0 Å².